The molecule has 10 aromatic rings. The summed E-state index contributed by atoms with van der Waals surface area (Å²) < 4.78 is 38.1. The predicted octanol–water partition coefficient (Wildman–Crippen LogP) is 13.0. The van der Waals surface area contributed by atoms with Gasteiger partial charge < -0.3 is 0 Å². The van der Waals surface area contributed by atoms with E-state index in [0.717, 1.165) is 55.6 Å². The van der Waals surface area contributed by atoms with Crippen LogP contribution in [0.15, 0.2) is 206 Å². The zero-order chi connectivity index (χ0) is 40.0. The highest BCUT2D eigenvalue weighted by molar-refractivity contribution is 6.15. The van der Waals surface area contributed by atoms with E-state index < -0.39 is 0 Å². The zero-order valence-corrected chi connectivity index (χ0v) is 29.6. The second kappa shape index (κ2) is 13.8. The first-order valence-electron chi connectivity index (χ1n) is 20.2. The molecule has 0 unspecified atom stereocenters. The van der Waals surface area contributed by atoms with Crippen LogP contribution in [0.25, 0.3) is 95.0 Å². The lowest BCUT2D eigenvalue weighted by atomic mass is 9.96. The average molecular weight is 707 g/mol. The third-order valence-electron chi connectivity index (χ3n) is 10.0. The molecule has 0 amide bonds. The summed E-state index contributed by atoms with van der Waals surface area (Å²) in [6.07, 6.45) is 0. The summed E-state index contributed by atoms with van der Waals surface area (Å²) in [7, 11) is 0. The molecule has 10 rings (SSSR count). The van der Waals surface area contributed by atoms with Crippen molar-refractivity contribution in [3.63, 3.8) is 0 Å². The summed E-state index contributed by atoms with van der Waals surface area (Å²) in [5, 5.41) is 1.08. The highest BCUT2D eigenvalue weighted by atomic mass is 15.2. The Balaban J connectivity index is 1.24. The Morgan fingerprint density at radius 3 is 1.49 bits per heavy atom. The highest BCUT2D eigenvalue weighted by Gasteiger charge is 2.20. The number of aromatic nitrogens is 4. The van der Waals surface area contributed by atoms with Crippen LogP contribution in [-0.2, 0) is 0 Å². The zero-order valence-electron chi connectivity index (χ0n) is 33.6. The van der Waals surface area contributed by atoms with Crippen molar-refractivity contribution >= 4 is 21.8 Å². The van der Waals surface area contributed by atoms with Crippen LogP contribution in [0.2, 0.25) is 0 Å². The number of para-hydroxylation sites is 1. The Hall–Kier alpha value is -7.43. The van der Waals surface area contributed by atoms with Gasteiger partial charge in [0.2, 0.25) is 5.95 Å². The van der Waals surface area contributed by atoms with Crippen molar-refractivity contribution in [1.82, 2.24) is 19.5 Å². The summed E-state index contributed by atoms with van der Waals surface area (Å²) in [4.78, 5) is 15.3. The Kier molecular flexibility index (Phi) is 7.08. The SMILES string of the molecule is [2H]c1c([2H])c([2H])c2c(c1[2H])c1c(-c3cccc(-c4ccccc4)c3)cccc1n2-c1nc(-c2ccc(-c3ccccc3)cc2)nc(-c2cccc(-c3ccccc3)c2)n1. The van der Waals surface area contributed by atoms with Gasteiger partial charge in [-0.1, -0.05) is 182 Å². The van der Waals surface area contributed by atoms with Crippen LogP contribution in [0.3, 0.4) is 0 Å². The number of benzene rings is 8. The fourth-order valence-corrected chi connectivity index (χ4v) is 7.34. The van der Waals surface area contributed by atoms with Gasteiger partial charge in [-0.2, -0.15) is 9.97 Å². The van der Waals surface area contributed by atoms with Gasteiger partial charge in [-0.05, 0) is 68.7 Å². The van der Waals surface area contributed by atoms with Gasteiger partial charge in [0, 0.05) is 21.9 Å². The molecule has 0 atom stereocenters. The largest absolute Gasteiger partial charge is 0.278 e. The number of nitrogens with zero attached hydrogens (tertiary/aromatic N) is 4. The fraction of sp³-hybridized carbons (Fsp3) is 0. The van der Waals surface area contributed by atoms with Crippen molar-refractivity contribution < 1.29 is 5.48 Å². The van der Waals surface area contributed by atoms with Gasteiger partial charge in [-0.3, -0.25) is 4.57 Å². The van der Waals surface area contributed by atoms with Crippen LogP contribution in [-0.4, -0.2) is 19.5 Å². The van der Waals surface area contributed by atoms with Crippen LogP contribution in [0.4, 0.5) is 0 Å². The van der Waals surface area contributed by atoms with Crippen molar-refractivity contribution in [3.8, 4) is 73.2 Å². The van der Waals surface area contributed by atoms with E-state index in [2.05, 4.69) is 72.8 Å². The molecule has 0 saturated carbocycles. The summed E-state index contributed by atoms with van der Waals surface area (Å²) in [5.41, 5.74) is 10.6. The molecule has 4 heteroatoms. The van der Waals surface area contributed by atoms with Crippen molar-refractivity contribution in [2.45, 2.75) is 0 Å². The molecule has 55 heavy (non-hydrogen) atoms. The van der Waals surface area contributed by atoms with Crippen LogP contribution < -0.4 is 0 Å². The molecule has 4 nitrogen and oxygen atoms in total. The topological polar surface area (TPSA) is 43.6 Å². The van der Waals surface area contributed by atoms with Gasteiger partial charge in [-0.25, -0.2) is 4.98 Å². The molecule has 0 aliphatic rings. The van der Waals surface area contributed by atoms with Crippen LogP contribution >= 0.6 is 0 Å². The molecule has 0 radical (unpaired) electrons. The first-order valence-corrected chi connectivity index (χ1v) is 18.2. The fourth-order valence-electron chi connectivity index (χ4n) is 7.34. The normalized spacial score (nSPS) is 12.3. The van der Waals surface area contributed by atoms with Crippen molar-refractivity contribution in [3.05, 3.63) is 206 Å². The van der Waals surface area contributed by atoms with E-state index >= 15 is 0 Å². The number of fused-ring (bicyclic) bond motifs is 3. The summed E-state index contributed by atoms with van der Waals surface area (Å²) in [6, 6.07) is 59.9. The van der Waals surface area contributed by atoms with Crippen molar-refractivity contribution in [2.75, 3.05) is 0 Å². The molecule has 2 aromatic heterocycles. The maximum Gasteiger partial charge on any atom is 0.238 e. The van der Waals surface area contributed by atoms with Crippen molar-refractivity contribution in [2.24, 2.45) is 0 Å². The van der Waals surface area contributed by atoms with E-state index in [9.17, 15) is 2.74 Å². The Labute approximate surface area is 325 Å². The average Bonchev–Trinajstić information content (AvgIpc) is 3.67. The van der Waals surface area contributed by atoms with Crippen LogP contribution in [0.1, 0.15) is 5.48 Å². The predicted molar refractivity (Wildman–Crippen MR) is 227 cm³/mol. The lowest BCUT2D eigenvalue weighted by Gasteiger charge is -2.12. The Morgan fingerprint density at radius 1 is 0.364 bits per heavy atom. The van der Waals surface area contributed by atoms with Gasteiger partial charge in [-0.15, -0.1) is 0 Å². The van der Waals surface area contributed by atoms with E-state index in [0.29, 0.717) is 33.5 Å². The van der Waals surface area contributed by atoms with Gasteiger partial charge in [0.25, 0.3) is 0 Å². The molecule has 258 valence electrons. The standard InChI is InChI=1S/C51H34N4/c1-4-15-35(16-5-1)38-29-31-39(32-30-38)49-52-50(43-24-13-22-41(34-43)37-19-8-3-9-20-37)54-51(53-49)55-46-27-11-10-25-45(46)48-44(26-14-28-47(48)55)42-23-12-21-40(33-42)36-17-6-2-7-18-36/h1-34H/i10D,11D,25D,27D. The smallest absolute Gasteiger partial charge is 0.238 e. The summed E-state index contributed by atoms with van der Waals surface area (Å²) >= 11 is 0. The molecule has 0 aliphatic heterocycles. The Morgan fingerprint density at radius 2 is 0.836 bits per heavy atom. The molecule has 0 bridgehead atoms. The summed E-state index contributed by atoms with van der Waals surface area (Å²) in [5.74, 6) is 1.09. The quantitative estimate of drug-likeness (QED) is 0.166. The number of rotatable bonds is 7. The molecule has 2 heterocycles. The van der Waals surface area contributed by atoms with Crippen LogP contribution in [0, 0.1) is 0 Å². The lowest BCUT2D eigenvalue weighted by Crippen LogP contribution is -2.06. The molecule has 8 aromatic carbocycles. The number of hydrogen-bond acceptors (Lipinski definition) is 3. The molecule has 0 saturated heterocycles. The van der Waals surface area contributed by atoms with Gasteiger partial charge in [0.15, 0.2) is 11.6 Å². The monoisotopic (exact) mass is 706 g/mol. The maximum absolute atomic E-state index is 9.35. The second-order valence-corrected chi connectivity index (χ2v) is 13.4. The van der Waals surface area contributed by atoms with Gasteiger partial charge >= 0.3 is 0 Å². The number of hydrogen-bond donors (Lipinski definition) is 0. The Bertz CT molecular complexity index is 3190. The highest BCUT2D eigenvalue weighted by Crippen LogP contribution is 2.39. The van der Waals surface area contributed by atoms with E-state index in [1.165, 1.54) is 0 Å². The molecular formula is C51H34N4. The summed E-state index contributed by atoms with van der Waals surface area (Å²) in [6.45, 7) is 0. The van der Waals surface area contributed by atoms with Crippen molar-refractivity contribution in [1.29, 1.82) is 0 Å². The maximum atomic E-state index is 9.35. The molecule has 0 fully saturated rings. The minimum Gasteiger partial charge on any atom is -0.278 e. The van der Waals surface area contributed by atoms with E-state index in [1.807, 2.05) is 109 Å². The minimum absolute atomic E-state index is 0.127. The third kappa shape index (κ3) is 6.06. The second-order valence-electron chi connectivity index (χ2n) is 13.4. The molecule has 0 N–H and O–H groups in total. The van der Waals surface area contributed by atoms with Gasteiger partial charge in [0.1, 0.15) is 0 Å². The lowest BCUT2D eigenvalue weighted by molar-refractivity contribution is 0.953. The molecular weight excluding hydrogens is 669 g/mol. The molecule has 0 spiro atoms. The first-order chi connectivity index (χ1) is 28.9. The van der Waals surface area contributed by atoms with E-state index in [1.54, 1.807) is 4.57 Å². The first kappa shape index (κ1) is 28.1. The molecule has 0 aliphatic carbocycles. The van der Waals surface area contributed by atoms with E-state index in [-0.39, 0.29) is 30.1 Å². The van der Waals surface area contributed by atoms with E-state index in [4.69, 9.17) is 17.7 Å². The minimum atomic E-state index is -0.333. The van der Waals surface area contributed by atoms with Crippen LogP contribution in [0.5, 0.6) is 0 Å². The third-order valence-corrected chi connectivity index (χ3v) is 10.0. The van der Waals surface area contributed by atoms with Gasteiger partial charge in [0.05, 0.1) is 16.5 Å².